The lowest BCUT2D eigenvalue weighted by atomic mass is 10.1. The number of aryl methyl sites for hydroxylation is 1. The summed E-state index contributed by atoms with van der Waals surface area (Å²) in [4.78, 5) is 37.2. The molecule has 51 heavy (non-hydrogen) atoms. The summed E-state index contributed by atoms with van der Waals surface area (Å²) in [6.07, 6.45) is 1.03. The van der Waals surface area contributed by atoms with Gasteiger partial charge < -0.3 is 29.7 Å². The van der Waals surface area contributed by atoms with Crippen molar-refractivity contribution in [2.75, 3.05) is 37.0 Å². The number of hydrogen-bond donors (Lipinski definition) is 2. The highest BCUT2D eigenvalue weighted by Crippen LogP contribution is 2.40. The molecule has 1 aliphatic rings. The van der Waals surface area contributed by atoms with Crippen molar-refractivity contribution in [2.24, 2.45) is 0 Å². The van der Waals surface area contributed by atoms with Crippen LogP contribution in [0.3, 0.4) is 0 Å². The van der Waals surface area contributed by atoms with Crippen LogP contribution < -0.4 is 15.0 Å². The number of hydrogen-bond acceptors (Lipinski definition) is 12. The molecule has 0 atom stereocenters. The Morgan fingerprint density at radius 2 is 1.94 bits per heavy atom. The molecule has 0 aliphatic carbocycles. The van der Waals surface area contributed by atoms with Gasteiger partial charge in [-0.3, -0.25) is 0 Å². The quantitative estimate of drug-likeness (QED) is 0.110. The van der Waals surface area contributed by atoms with Gasteiger partial charge in [0.25, 0.3) is 0 Å². The fourth-order valence-electron chi connectivity index (χ4n) is 5.29. The molecule has 3 aromatic heterocycles. The summed E-state index contributed by atoms with van der Waals surface area (Å²) in [5.74, 6) is 5.34. The van der Waals surface area contributed by atoms with Crippen LogP contribution in [0.4, 0.5) is 31.1 Å². The summed E-state index contributed by atoms with van der Waals surface area (Å²) < 4.78 is 26.8. The third kappa shape index (κ3) is 8.35. The lowest BCUT2D eigenvalue weighted by molar-refractivity contribution is 0.0320. The van der Waals surface area contributed by atoms with Crippen LogP contribution in [-0.2, 0) is 17.6 Å². The first kappa shape index (κ1) is 35.5. The zero-order valence-electron chi connectivity index (χ0n) is 28.7. The van der Waals surface area contributed by atoms with Gasteiger partial charge in [0, 0.05) is 35.2 Å². The number of benzene rings is 2. The van der Waals surface area contributed by atoms with E-state index in [0.717, 1.165) is 26.5 Å². The SMILES string of the molecule is Cc1c(Nc2nc3ccccc3s2)nnc2c1CCN2c1nc(C(=O)O)c(CCCOc2ccc(C#CCN(C)C(=O)OC(C)(C)C)cc2F)s1. The Morgan fingerprint density at radius 1 is 1.14 bits per heavy atom. The molecule has 0 saturated carbocycles. The number of anilines is 4. The summed E-state index contributed by atoms with van der Waals surface area (Å²) in [7, 11) is 1.58. The highest BCUT2D eigenvalue weighted by molar-refractivity contribution is 7.22. The molecule has 0 spiro atoms. The maximum Gasteiger partial charge on any atom is 0.410 e. The topological polar surface area (TPSA) is 143 Å². The molecule has 12 nitrogen and oxygen atoms in total. The number of nitrogens with one attached hydrogen (secondary N) is 1. The Balaban J connectivity index is 1.05. The third-order valence-electron chi connectivity index (χ3n) is 7.79. The van der Waals surface area contributed by atoms with Gasteiger partial charge in [-0.2, -0.15) is 0 Å². The molecule has 1 amide bonds. The second-order valence-corrected chi connectivity index (χ2v) is 14.9. The van der Waals surface area contributed by atoms with E-state index in [1.165, 1.54) is 28.4 Å². The smallest absolute Gasteiger partial charge is 0.410 e. The van der Waals surface area contributed by atoms with Gasteiger partial charge in [0.1, 0.15) is 5.60 Å². The number of aromatic nitrogens is 4. The molecule has 0 radical (unpaired) electrons. The Bertz CT molecular complexity index is 2140. The van der Waals surface area contributed by atoms with Gasteiger partial charge in [-0.05, 0) is 77.3 Å². The Kier molecular flexibility index (Phi) is 10.4. The van der Waals surface area contributed by atoms with Crippen LogP contribution in [0.15, 0.2) is 42.5 Å². The van der Waals surface area contributed by atoms with E-state index in [1.54, 1.807) is 45.2 Å². The molecule has 264 valence electrons. The Morgan fingerprint density at radius 3 is 2.69 bits per heavy atom. The minimum Gasteiger partial charge on any atom is -0.491 e. The molecule has 2 aromatic carbocycles. The van der Waals surface area contributed by atoms with E-state index in [0.29, 0.717) is 53.0 Å². The number of thiazole rings is 2. The van der Waals surface area contributed by atoms with Gasteiger partial charge in [0.15, 0.2) is 39.2 Å². The zero-order valence-corrected chi connectivity index (χ0v) is 30.4. The van der Waals surface area contributed by atoms with Crippen molar-refractivity contribution in [3.63, 3.8) is 0 Å². The summed E-state index contributed by atoms with van der Waals surface area (Å²) in [5.41, 5.74) is 2.68. The number of rotatable bonds is 10. The maximum absolute atomic E-state index is 14.8. The maximum atomic E-state index is 14.8. The van der Waals surface area contributed by atoms with Crippen molar-refractivity contribution in [2.45, 2.75) is 52.6 Å². The van der Waals surface area contributed by atoms with Gasteiger partial charge in [0.2, 0.25) is 0 Å². The van der Waals surface area contributed by atoms with E-state index < -0.39 is 23.5 Å². The summed E-state index contributed by atoms with van der Waals surface area (Å²) in [6.45, 7) is 8.20. The zero-order chi connectivity index (χ0) is 36.3. The first-order valence-corrected chi connectivity index (χ1v) is 17.8. The molecule has 2 N–H and O–H groups in total. The molecule has 15 heteroatoms. The molecule has 0 saturated heterocycles. The monoisotopic (exact) mass is 729 g/mol. The van der Waals surface area contributed by atoms with Gasteiger partial charge >= 0.3 is 12.1 Å². The van der Waals surface area contributed by atoms with Crippen LogP contribution in [-0.4, -0.2) is 74.6 Å². The molecule has 5 aromatic rings. The minimum atomic E-state index is -1.12. The number of fused-ring (bicyclic) bond motifs is 2. The van der Waals surface area contributed by atoms with Crippen molar-refractivity contribution >= 4 is 66.9 Å². The fraction of sp³-hybridized carbons (Fsp3) is 0.333. The van der Waals surface area contributed by atoms with Crippen LogP contribution in [0.25, 0.3) is 10.2 Å². The number of carbonyl (C=O) groups excluding carboxylic acids is 1. The molecule has 4 heterocycles. The number of aromatic carboxylic acids is 1. The Hall–Kier alpha value is -5.33. The van der Waals surface area contributed by atoms with Gasteiger partial charge in [-0.15, -0.1) is 21.5 Å². The molecule has 0 unspecified atom stereocenters. The number of carboxylic acid groups (broad SMARTS) is 1. The number of ether oxygens (including phenoxy) is 2. The number of para-hydroxylation sites is 1. The Labute approximate surface area is 302 Å². The number of carboxylic acids is 1. The second-order valence-electron chi connectivity index (χ2n) is 12.8. The van der Waals surface area contributed by atoms with Gasteiger partial charge in [-0.1, -0.05) is 35.3 Å². The summed E-state index contributed by atoms with van der Waals surface area (Å²) in [6, 6.07) is 12.3. The van der Waals surface area contributed by atoms with E-state index in [2.05, 4.69) is 37.3 Å². The summed E-state index contributed by atoms with van der Waals surface area (Å²) >= 11 is 2.84. The third-order valence-corrected chi connectivity index (χ3v) is 9.88. The molecule has 0 fully saturated rings. The van der Waals surface area contributed by atoms with Crippen LogP contribution in [0, 0.1) is 24.6 Å². The molecule has 0 bridgehead atoms. The fourth-order valence-corrected chi connectivity index (χ4v) is 7.27. The lowest BCUT2D eigenvalue weighted by Gasteiger charge is -2.23. The van der Waals surface area contributed by atoms with Crippen molar-refractivity contribution in [1.82, 2.24) is 25.1 Å². The number of carbonyl (C=O) groups is 2. The molecular formula is C36H36FN7O5S2. The standard InChI is InChI=1S/C36H36FN7O5S2/c1-21-23-16-18-44(31(23)42-41-30(21)40-33-38-25-11-6-7-12-27(25)50-33)34-39-29(32(45)46)28(51-34)13-9-19-48-26-15-14-22(20-24(26)37)10-8-17-43(5)35(47)49-36(2,3)4/h6-7,11-12,14-15,20H,9,13,16-19H2,1-5H3,(H,45,46)(H,38,40,41). The van der Waals surface area contributed by atoms with E-state index in [1.807, 2.05) is 36.1 Å². The van der Waals surface area contributed by atoms with Crippen LogP contribution in [0.5, 0.6) is 5.75 Å². The van der Waals surface area contributed by atoms with Gasteiger partial charge in [0.05, 0.1) is 23.4 Å². The molecule has 6 rings (SSSR count). The van der Waals surface area contributed by atoms with E-state index >= 15 is 0 Å². The average Bonchev–Trinajstić information content (AvgIpc) is 3.81. The molecule has 1 aliphatic heterocycles. The predicted octanol–water partition coefficient (Wildman–Crippen LogP) is 7.36. The second kappa shape index (κ2) is 14.9. The highest BCUT2D eigenvalue weighted by atomic mass is 32.1. The first-order valence-electron chi connectivity index (χ1n) is 16.2. The van der Waals surface area contributed by atoms with Crippen LogP contribution >= 0.6 is 22.7 Å². The minimum absolute atomic E-state index is 0.0197. The number of halogens is 1. The average molecular weight is 730 g/mol. The van der Waals surface area contributed by atoms with E-state index in [9.17, 15) is 19.1 Å². The van der Waals surface area contributed by atoms with Crippen LogP contribution in [0.1, 0.15) is 59.2 Å². The van der Waals surface area contributed by atoms with E-state index in [-0.39, 0.29) is 24.6 Å². The van der Waals surface area contributed by atoms with Crippen LogP contribution in [0.2, 0.25) is 0 Å². The lowest BCUT2D eigenvalue weighted by Crippen LogP contribution is -2.34. The van der Waals surface area contributed by atoms with E-state index in [4.69, 9.17) is 9.47 Å². The van der Waals surface area contributed by atoms with Crippen molar-refractivity contribution < 1.29 is 28.6 Å². The van der Waals surface area contributed by atoms with Crippen molar-refractivity contribution in [3.8, 4) is 17.6 Å². The highest BCUT2D eigenvalue weighted by Gasteiger charge is 2.30. The first-order chi connectivity index (χ1) is 24.4. The van der Waals surface area contributed by atoms with Crippen molar-refractivity contribution in [3.05, 3.63) is 75.5 Å². The normalized spacial score (nSPS) is 12.3. The number of nitrogens with zero attached hydrogens (tertiary/aromatic N) is 6. The summed E-state index contributed by atoms with van der Waals surface area (Å²) in [5, 5.41) is 23.4. The largest absolute Gasteiger partial charge is 0.491 e. The predicted molar refractivity (Wildman–Crippen MR) is 195 cm³/mol. The molecular weight excluding hydrogens is 694 g/mol. The number of amides is 1. The van der Waals surface area contributed by atoms with Crippen molar-refractivity contribution in [1.29, 1.82) is 0 Å². The van der Waals surface area contributed by atoms with Gasteiger partial charge in [-0.25, -0.2) is 23.9 Å².